The van der Waals surface area contributed by atoms with Crippen LogP contribution >= 0.6 is 11.3 Å². The van der Waals surface area contributed by atoms with Gasteiger partial charge in [-0.2, -0.15) is 0 Å². The second-order valence-electron chi connectivity index (χ2n) is 15.0. The van der Waals surface area contributed by atoms with Gasteiger partial charge in [0.2, 0.25) is 23.6 Å². The van der Waals surface area contributed by atoms with E-state index in [1.54, 1.807) is 27.5 Å². The van der Waals surface area contributed by atoms with Crippen LogP contribution in [0.2, 0.25) is 0 Å². The number of amides is 4. The van der Waals surface area contributed by atoms with Crippen LogP contribution in [0.25, 0.3) is 0 Å². The zero-order chi connectivity index (χ0) is 39.2. The minimum absolute atomic E-state index is 0.0209. The molecule has 1 aliphatic heterocycles. The van der Waals surface area contributed by atoms with E-state index in [1.807, 2.05) is 89.1 Å². The number of aromatic nitrogens is 1. The molecule has 0 bridgehead atoms. The standard InChI is InChI=1S/C40H64N6O6S/c1-11-26(6)35(45-39(50)34(25(4)5)44-38(49)33(41-8)24(2)3)31(51-9)23-32(47)46-20-15-18-30(46)36(52-10)27(7)37(48)43-29(40-42-19-21-53-40)22-28-16-13-12-14-17-28/h12-14,16-17,19,21,24-27,29-31,33-36,41H,11,15,18,20,22-23H2,1-10H3,(H,43,48)(H,44,49)(H,45,50)/t26-,27+,29-,30-,31+,33-,34-,35-,36+/m0/s1. The summed E-state index contributed by atoms with van der Waals surface area (Å²) >= 11 is 1.50. The van der Waals surface area contributed by atoms with E-state index in [-0.39, 0.29) is 59.9 Å². The molecule has 0 unspecified atom stereocenters. The minimum Gasteiger partial charge on any atom is -0.379 e. The fraction of sp³-hybridized carbons (Fsp3) is 0.675. The molecule has 9 atom stereocenters. The molecule has 13 heteroatoms. The van der Waals surface area contributed by atoms with E-state index >= 15 is 0 Å². The van der Waals surface area contributed by atoms with Crippen molar-refractivity contribution in [3.8, 4) is 0 Å². The average Bonchev–Trinajstić information content (AvgIpc) is 3.85. The van der Waals surface area contributed by atoms with Crippen LogP contribution in [0.5, 0.6) is 0 Å². The summed E-state index contributed by atoms with van der Waals surface area (Å²) in [5.41, 5.74) is 1.09. The van der Waals surface area contributed by atoms with Crippen LogP contribution in [0.3, 0.4) is 0 Å². The summed E-state index contributed by atoms with van der Waals surface area (Å²) in [5.74, 6) is -1.54. The monoisotopic (exact) mass is 756 g/mol. The van der Waals surface area contributed by atoms with Crippen LogP contribution in [0.15, 0.2) is 41.9 Å². The molecule has 3 rings (SSSR count). The van der Waals surface area contributed by atoms with Gasteiger partial charge >= 0.3 is 0 Å². The van der Waals surface area contributed by atoms with E-state index in [4.69, 9.17) is 9.47 Å². The number of hydrogen-bond donors (Lipinski definition) is 4. The van der Waals surface area contributed by atoms with Gasteiger partial charge < -0.3 is 35.6 Å². The Morgan fingerprint density at radius 3 is 2.11 bits per heavy atom. The van der Waals surface area contributed by atoms with Crippen molar-refractivity contribution in [2.75, 3.05) is 27.8 Å². The fourth-order valence-corrected chi connectivity index (χ4v) is 8.04. The van der Waals surface area contributed by atoms with Crippen LogP contribution in [0.1, 0.15) is 90.8 Å². The summed E-state index contributed by atoms with van der Waals surface area (Å²) in [6, 6.07) is 7.70. The molecule has 0 spiro atoms. The highest BCUT2D eigenvalue weighted by atomic mass is 32.1. The molecule has 296 valence electrons. The second kappa shape index (κ2) is 21.5. The van der Waals surface area contributed by atoms with Gasteiger partial charge in [-0.15, -0.1) is 11.3 Å². The number of benzene rings is 1. The van der Waals surface area contributed by atoms with Crippen molar-refractivity contribution in [1.29, 1.82) is 0 Å². The third kappa shape index (κ3) is 12.1. The predicted molar refractivity (Wildman–Crippen MR) is 209 cm³/mol. The van der Waals surface area contributed by atoms with Crippen molar-refractivity contribution in [2.24, 2.45) is 23.7 Å². The number of thiazole rings is 1. The lowest BCUT2D eigenvalue weighted by Crippen LogP contribution is -2.59. The van der Waals surface area contributed by atoms with Crippen molar-refractivity contribution < 1.29 is 28.7 Å². The summed E-state index contributed by atoms with van der Waals surface area (Å²) < 4.78 is 12.0. The minimum atomic E-state index is -0.766. The smallest absolute Gasteiger partial charge is 0.243 e. The maximum absolute atomic E-state index is 14.1. The summed E-state index contributed by atoms with van der Waals surface area (Å²) in [4.78, 5) is 61.2. The average molecular weight is 757 g/mol. The summed E-state index contributed by atoms with van der Waals surface area (Å²) in [7, 11) is 4.88. The molecule has 1 saturated heterocycles. The Kier molecular flexibility index (Phi) is 17.8. The lowest BCUT2D eigenvalue weighted by atomic mass is 9.90. The maximum atomic E-state index is 14.1. The Balaban J connectivity index is 1.75. The topological polar surface area (TPSA) is 151 Å². The zero-order valence-electron chi connectivity index (χ0n) is 33.4. The number of ether oxygens (including phenoxy) is 2. The number of likely N-dealkylation sites (tertiary alicyclic amines) is 1. The van der Waals surface area contributed by atoms with Crippen LogP contribution in [0.4, 0.5) is 0 Å². The largest absolute Gasteiger partial charge is 0.379 e. The van der Waals surface area contributed by atoms with Gasteiger partial charge in [-0.1, -0.05) is 85.2 Å². The molecule has 1 aromatic heterocycles. The SMILES string of the molecule is CC[C@H](C)[C@H](NC(=O)[C@@H](NC(=O)[C@@H](NC)C(C)C)C(C)C)[C@@H](CC(=O)N1CCC[C@H]1[C@H](OC)[C@@H](C)C(=O)N[C@@H](Cc1ccccc1)c1nccs1)OC. The van der Waals surface area contributed by atoms with Crippen molar-refractivity contribution in [3.05, 3.63) is 52.5 Å². The molecule has 4 N–H and O–H groups in total. The number of methoxy groups -OCH3 is 2. The van der Waals surface area contributed by atoms with E-state index in [9.17, 15) is 19.2 Å². The van der Waals surface area contributed by atoms with Gasteiger partial charge in [0.15, 0.2) is 0 Å². The normalized spacial score (nSPS) is 19.2. The first-order valence-electron chi connectivity index (χ1n) is 19.1. The number of nitrogens with zero attached hydrogens (tertiary/aromatic N) is 2. The molecule has 53 heavy (non-hydrogen) atoms. The molecule has 4 amide bonds. The first-order chi connectivity index (χ1) is 25.3. The molecular weight excluding hydrogens is 693 g/mol. The fourth-order valence-electron chi connectivity index (χ4n) is 7.35. The third-order valence-electron chi connectivity index (χ3n) is 10.7. The van der Waals surface area contributed by atoms with Crippen molar-refractivity contribution >= 4 is 35.0 Å². The number of carbonyl (C=O) groups excluding carboxylic acids is 4. The van der Waals surface area contributed by atoms with Gasteiger partial charge in [-0.05, 0) is 49.6 Å². The molecule has 0 aliphatic carbocycles. The highest BCUT2D eigenvalue weighted by molar-refractivity contribution is 7.09. The van der Waals surface area contributed by atoms with E-state index < -0.39 is 36.3 Å². The number of rotatable bonds is 21. The summed E-state index contributed by atoms with van der Waals surface area (Å²) in [6.45, 7) is 14.1. The van der Waals surface area contributed by atoms with Crippen molar-refractivity contribution in [1.82, 2.24) is 31.2 Å². The van der Waals surface area contributed by atoms with Gasteiger partial charge in [-0.3, -0.25) is 19.2 Å². The number of likely N-dealkylation sites (N-methyl/N-ethyl adjacent to an activating group) is 1. The maximum Gasteiger partial charge on any atom is 0.243 e. The first kappa shape index (κ1) is 44.0. The predicted octanol–water partition coefficient (Wildman–Crippen LogP) is 4.51. The van der Waals surface area contributed by atoms with Crippen LogP contribution in [-0.4, -0.2) is 97.7 Å². The lowest BCUT2D eigenvalue weighted by molar-refractivity contribution is -0.143. The quantitative estimate of drug-likeness (QED) is 0.145. The molecule has 1 aliphatic rings. The first-order valence-corrected chi connectivity index (χ1v) is 20.0. The Labute approximate surface area is 320 Å². The Bertz CT molecular complexity index is 1430. The van der Waals surface area contributed by atoms with E-state index in [1.165, 1.54) is 11.3 Å². The van der Waals surface area contributed by atoms with E-state index in [0.29, 0.717) is 19.4 Å². The molecular formula is C40H64N6O6S. The molecule has 0 saturated carbocycles. The highest BCUT2D eigenvalue weighted by Crippen LogP contribution is 2.29. The molecule has 2 heterocycles. The third-order valence-corrected chi connectivity index (χ3v) is 11.6. The Morgan fingerprint density at radius 2 is 1.57 bits per heavy atom. The van der Waals surface area contributed by atoms with Crippen LogP contribution < -0.4 is 21.3 Å². The molecule has 12 nitrogen and oxygen atoms in total. The highest BCUT2D eigenvalue weighted by Gasteiger charge is 2.42. The lowest BCUT2D eigenvalue weighted by Gasteiger charge is -2.37. The Hall–Kier alpha value is -3.39. The molecule has 1 fully saturated rings. The van der Waals surface area contributed by atoms with E-state index in [0.717, 1.165) is 23.4 Å². The van der Waals surface area contributed by atoms with Gasteiger partial charge in [-0.25, -0.2) is 4.98 Å². The van der Waals surface area contributed by atoms with Crippen molar-refractivity contribution in [2.45, 2.75) is 123 Å². The van der Waals surface area contributed by atoms with E-state index in [2.05, 4.69) is 26.3 Å². The number of nitrogens with one attached hydrogen (secondary N) is 4. The molecule has 1 aromatic carbocycles. The van der Waals surface area contributed by atoms with Gasteiger partial charge in [0.1, 0.15) is 11.0 Å². The molecule has 2 aromatic rings. The summed E-state index contributed by atoms with van der Waals surface area (Å²) in [5, 5.41) is 15.1. The second-order valence-corrected chi connectivity index (χ2v) is 16.0. The summed E-state index contributed by atoms with van der Waals surface area (Å²) in [6.07, 6.45) is 3.44. The Morgan fingerprint density at radius 1 is 0.906 bits per heavy atom. The van der Waals surface area contributed by atoms with Gasteiger partial charge in [0.25, 0.3) is 0 Å². The van der Waals surface area contributed by atoms with Gasteiger partial charge in [0, 0.05) is 32.3 Å². The van der Waals surface area contributed by atoms with Crippen LogP contribution in [-0.2, 0) is 35.1 Å². The van der Waals surface area contributed by atoms with Crippen molar-refractivity contribution in [3.63, 3.8) is 0 Å². The molecule has 0 radical (unpaired) electrons. The zero-order valence-corrected chi connectivity index (χ0v) is 34.2. The number of carbonyl (C=O) groups is 4. The van der Waals surface area contributed by atoms with Gasteiger partial charge in [0.05, 0.1) is 48.7 Å². The number of hydrogen-bond acceptors (Lipinski definition) is 9. The van der Waals surface area contributed by atoms with Crippen LogP contribution in [0, 0.1) is 23.7 Å².